The van der Waals surface area contributed by atoms with Crippen molar-refractivity contribution < 1.29 is 24.0 Å². The zero-order chi connectivity index (χ0) is 20.3. The molecule has 144 valence electrons. The number of nitro groups is 1. The normalized spacial score (nSPS) is 11.7. The van der Waals surface area contributed by atoms with Crippen LogP contribution < -0.4 is 0 Å². The van der Waals surface area contributed by atoms with E-state index in [-0.39, 0.29) is 17.8 Å². The number of hydrogen-bond acceptors (Lipinski definition) is 6. The molecule has 0 aliphatic carbocycles. The number of aryl methyl sites for hydroxylation is 1. The van der Waals surface area contributed by atoms with Crippen molar-refractivity contribution in [3.05, 3.63) is 39.4 Å². The molecule has 0 saturated carbocycles. The van der Waals surface area contributed by atoms with Crippen molar-refractivity contribution in [3.8, 4) is 0 Å². The summed E-state index contributed by atoms with van der Waals surface area (Å²) in [7, 11) is 0. The molecule has 0 atom stereocenters. The predicted octanol–water partition coefficient (Wildman–Crippen LogP) is 4.58. The number of hydrogen-bond donors (Lipinski definition) is 0. The van der Waals surface area contributed by atoms with Gasteiger partial charge in [0, 0.05) is 6.07 Å². The summed E-state index contributed by atoms with van der Waals surface area (Å²) in [6.07, 6.45) is -1.86. The Kier molecular flexibility index (Phi) is 6.35. The lowest BCUT2D eigenvalue weighted by Gasteiger charge is -2.28. The van der Waals surface area contributed by atoms with E-state index in [4.69, 9.17) is 9.47 Å². The van der Waals surface area contributed by atoms with Gasteiger partial charge < -0.3 is 9.47 Å². The van der Waals surface area contributed by atoms with Gasteiger partial charge in [0.2, 0.25) is 0 Å². The number of nitro benzene ring substituents is 1. The summed E-state index contributed by atoms with van der Waals surface area (Å²) in [5.74, 6) is 0. The van der Waals surface area contributed by atoms with Crippen LogP contribution in [-0.4, -0.2) is 33.2 Å². The van der Waals surface area contributed by atoms with Gasteiger partial charge in [-0.25, -0.2) is 14.5 Å². The van der Waals surface area contributed by atoms with Gasteiger partial charge in [-0.2, -0.15) is 0 Å². The van der Waals surface area contributed by atoms with Crippen molar-refractivity contribution in [3.63, 3.8) is 0 Å². The summed E-state index contributed by atoms with van der Waals surface area (Å²) >= 11 is 0. The third-order valence-corrected chi connectivity index (χ3v) is 2.99. The van der Waals surface area contributed by atoms with E-state index in [2.05, 4.69) is 0 Å². The first-order valence-electron chi connectivity index (χ1n) is 8.17. The van der Waals surface area contributed by atoms with Crippen LogP contribution in [0.1, 0.15) is 52.7 Å². The van der Waals surface area contributed by atoms with Crippen molar-refractivity contribution in [2.24, 2.45) is 0 Å². The SMILES string of the molecule is Cc1ccc([N+](=O)[O-])c(CN(C(=O)OC(C)(C)C)C(=O)OC(C)(C)C)c1. The van der Waals surface area contributed by atoms with Crippen LogP contribution >= 0.6 is 0 Å². The van der Waals surface area contributed by atoms with Crippen LogP contribution in [0.4, 0.5) is 15.3 Å². The minimum absolute atomic E-state index is 0.187. The van der Waals surface area contributed by atoms with Gasteiger partial charge >= 0.3 is 12.2 Å². The average molecular weight is 366 g/mol. The fraction of sp³-hybridized carbons (Fsp3) is 0.556. The highest BCUT2D eigenvalue weighted by Crippen LogP contribution is 2.24. The Hall–Kier alpha value is -2.64. The van der Waals surface area contributed by atoms with E-state index in [0.717, 1.165) is 10.5 Å². The van der Waals surface area contributed by atoms with E-state index in [0.29, 0.717) is 0 Å². The summed E-state index contributed by atoms with van der Waals surface area (Å²) in [6.45, 7) is 11.4. The lowest BCUT2D eigenvalue weighted by atomic mass is 10.1. The summed E-state index contributed by atoms with van der Waals surface area (Å²) in [6, 6.07) is 4.49. The van der Waals surface area contributed by atoms with Gasteiger partial charge in [0.1, 0.15) is 11.2 Å². The van der Waals surface area contributed by atoms with Crippen molar-refractivity contribution >= 4 is 17.9 Å². The third kappa shape index (κ3) is 6.70. The second kappa shape index (κ2) is 7.72. The van der Waals surface area contributed by atoms with E-state index in [1.165, 1.54) is 6.07 Å². The fourth-order valence-corrected chi connectivity index (χ4v) is 2.03. The molecule has 0 aliphatic rings. The van der Waals surface area contributed by atoms with E-state index in [9.17, 15) is 19.7 Å². The van der Waals surface area contributed by atoms with Crippen LogP contribution in [-0.2, 0) is 16.0 Å². The molecule has 0 aromatic heterocycles. The summed E-state index contributed by atoms with van der Waals surface area (Å²) in [4.78, 5) is 36.4. The topological polar surface area (TPSA) is 99.0 Å². The summed E-state index contributed by atoms with van der Waals surface area (Å²) < 4.78 is 10.5. The molecule has 0 heterocycles. The minimum Gasteiger partial charge on any atom is -0.443 e. The van der Waals surface area contributed by atoms with Crippen molar-refractivity contribution in [1.29, 1.82) is 0 Å². The summed E-state index contributed by atoms with van der Waals surface area (Å²) in [5, 5.41) is 11.3. The molecule has 0 unspecified atom stereocenters. The minimum atomic E-state index is -0.928. The molecule has 1 rings (SSSR count). The Morgan fingerprint density at radius 3 is 1.88 bits per heavy atom. The molecule has 26 heavy (non-hydrogen) atoms. The lowest BCUT2D eigenvalue weighted by molar-refractivity contribution is -0.385. The standard InChI is InChI=1S/C18H26N2O6/c1-12-8-9-14(20(23)24)13(10-12)11-19(15(21)25-17(2,3)4)16(22)26-18(5,6)7/h8-10H,11H2,1-7H3. The first kappa shape index (κ1) is 21.4. The number of rotatable bonds is 3. The number of amides is 2. The Balaban J connectivity index is 3.25. The van der Waals surface area contributed by atoms with Crippen molar-refractivity contribution in [2.75, 3.05) is 0 Å². The highest BCUT2D eigenvalue weighted by molar-refractivity contribution is 5.88. The Labute approximate surface area is 153 Å². The number of carbonyl (C=O) groups excluding carboxylic acids is 2. The Bertz CT molecular complexity index is 673. The second-order valence-electron chi connectivity index (χ2n) is 7.94. The third-order valence-electron chi connectivity index (χ3n) is 2.99. The first-order chi connectivity index (χ1) is 11.7. The van der Waals surface area contributed by atoms with Crippen LogP contribution in [0.2, 0.25) is 0 Å². The van der Waals surface area contributed by atoms with Crippen molar-refractivity contribution in [1.82, 2.24) is 4.90 Å². The number of imide groups is 1. The molecular formula is C18H26N2O6. The van der Waals surface area contributed by atoms with Crippen LogP contribution in [0.3, 0.4) is 0 Å². The zero-order valence-electron chi connectivity index (χ0n) is 16.3. The maximum atomic E-state index is 12.5. The van der Waals surface area contributed by atoms with Gasteiger partial charge in [-0.15, -0.1) is 0 Å². The molecule has 1 aromatic carbocycles. The largest absolute Gasteiger partial charge is 0.443 e. The lowest BCUT2D eigenvalue weighted by Crippen LogP contribution is -2.43. The van der Waals surface area contributed by atoms with Crippen LogP contribution in [0.25, 0.3) is 0 Å². The second-order valence-corrected chi connectivity index (χ2v) is 7.94. The Morgan fingerprint density at radius 2 is 1.50 bits per heavy atom. The molecule has 0 bridgehead atoms. The quantitative estimate of drug-likeness (QED) is 0.574. The molecule has 2 amide bonds. The maximum Gasteiger partial charge on any atom is 0.420 e. The molecule has 0 radical (unpaired) electrons. The Morgan fingerprint density at radius 1 is 1.04 bits per heavy atom. The van der Waals surface area contributed by atoms with E-state index in [1.807, 2.05) is 0 Å². The molecule has 1 aromatic rings. The average Bonchev–Trinajstić information content (AvgIpc) is 2.40. The van der Waals surface area contributed by atoms with E-state index < -0.39 is 28.3 Å². The van der Waals surface area contributed by atoms with Gasteiger partial charge in [-0.3, -0.25) is 10.1 Å². The van der Waals surface area contributed by atoms with Gasteiger partial charge in [0.25, 0.3) is 5.69 Å². The van der Waals surface area contributed by atoms with Crippen LogP contribution in [0.15, 0.2) is 18.2 Å². The van der Waals surface area contributed by atoms with Crippen molar-refractivity contribution in [2.45, 2.75) is 66.2 Å². The highest BCUT2D eigenvalue weighted by atomic mass is 16.6. The maximum absolute atomic E-state index is 12.5. The van der Waals surface area contributed by atoms with Gasteiger partial charge in [-0.1, -0.05) is 11.6 Å². The smallest absolute Gasteiger partial charge is 0.420 e. The zero-order valence-corrected chi connectivity index (χ0v) is 16.3. The van der Waals surface area contributed by atoms with Gasteiger partial charge in [-0.05, 0) is 54.5 Å². The number of carbonyl (C=O) groups is 2. The van der Waals surface area contributed by atoms with E-state index >= 15 is 0 Å². The van der Waals surface area contributed by atoms with Gasteiger partial charge in [0.15, 0.2) is 0 Å². The van der Waals surface area contributed by atoms with Crippen LogP contribution in [0.5, 0.6) is 0 Å². The monoisotopic (exact) mass is 366 g/mol. The fourth-order valence-electron chi connectivity index (χ4n) is 2.03. The molecular weight excluding hydrogens is 340 g/mol. The predicted molar refractivity (Wildman–Crippen MR) is 95.8 cm³/mol. The summed E-state index contributed by atoms with van der Waals surface area (Å²) in [5.41, 5.74) is -0.885. The number of nitrogens with zero attached hydrogens (tertiary/aromatic N) is 2. The van der Waals surface area contributed by atoms with Crippen LogP contribution in [0, 0.1) is 17.0 Å². The highest BCUT2D eigenvalue weighted by Gasteiger charge is 2.32. The molecule has 0 N–H and O–H groups in total. The van der Waals surface area contributed by atoms with E-state index in [1.54, 1.807) is 60.6 Å². The molecule has 8 heteroatoms. The molecule has 0 spiro atoms. The molecule has 0 fully saturated rings. The molecule has 0 aliphatic heterocycles. The molecule has 8 nitrogen and oxygen atoms in total. The molecule has 0 saturated heterocycles. The number of benzene rings is 1. The first-order valence-corrected chi connectivity index (χ1v) is 8.17. The van der Waals surface area contributed by atoms with Gasteiger partial charge in [0.05, 0.1) is 17.0 Å². The number of ether oxygens (including phenoxy) is 2.